The lowest BCUT2D eigenvalue weighted by Crippen LogP contribution is -1.95. The van der Waals surface area contributed by atoms with Gasteiger partial charge in [-0.2, -0.15) is 0 Å². The van der Waals surface area contributed by atoms with Crippen LogP contribution in [0.3, 0.4) is 0 Å². The van der Waals surface area contributed by atoms with E-state index in [9.17, 15) is 4.79 Å². The Hall–Kier alpha value is -1.94. The van der Waals surface area contributed by atoms with Crippen LogP contribution in [0.2, 0.25) is 0 Å². The van der Waals surface area contributed by atoms with E-state index in [0.717, 1.165) is 17.9 Å². The van der Waals surface area contributed by atoms with Crippen LogP contribution in [0.4, 0.5) is 0 Å². The summed E-state index contributed by atoms with van der Waals surface area (Å²) in [4.78, 5) is 12.2. The lowest BCUT2D eigenvalue weighted by molar-refractivity contribution is 0.852. The molecule has 20 heavy (non-hydrogen) atoms. The van der Waals surface area contributed by atoms with E-state index in [-0.39, 0.29) is 5.56 Å². The summed E-state index contributed by atoms with van der Waals surface area (Å²) in [7, 11) is 0. The highest BCUT2D eigenvalue weighted by Crippen LogP contribution is 2.27. The number of H-pyrrole nitrogens is 2. The normalized spacial score (nSPS) is 17.5. The second kappa shape index (κ2) is 6.01. The summed E-state index contributed by atoms with van der Waals surface area (Å²) in [6.45, 7) is 0. The number of aromatic amines is 2. The van der Waals surface area contributed by atoms with Gasteiger partial charge >= 0.3 is 0 Å². The van der Waals surface area contributed by atoms with Crippen molar-refractivity contribution >= 4 is 11.8 Å². The maximum Gasteiger partial charge on any atom is 0.264 e. The molecule has 1 aromatic carbocycles. The summed E-state index contributed by atoms with van der Waals surface area (Å²) in [6, 6.07) is 10.3. The van der Waals surface area contributed by atoms with E-state index in [2.05, 4.69) is 58.8 Å². The zero-order valence-electron chi connectivity index (χ0n) is 11.0. The third-order valence-corrected chi connectivity index (χ3v) is 4.40. The number of aromatic nitrogens is 2. The van der Waals surface area contributed by atoms with Crippen LogP contribution in [0.25, 0.3) is 0 Å². The summed E-state index contributed by atoms with van der Waals surface area (Å²) in [6.07, 6.45) is 9.73. The fraction of sp³-hybridized carbons (Fsp3) is 0.188. The molecular formula is C16H16N2OS. The molecule has 0 bridgehead atoms. The number of nitrogens with one attached hydrogen (secondary N) is 2. The third kappa shape index (κ3) is 3.14. The number of hydrogen-bond donors (Lipinski definition) is 2. The van der Waals surface area contributed by atoms with E-state index in [0.29, 0.717) is 5.92 Å². The van der Waals surface area contributed by atoms with Crippen molar-refractivity contribution in [1.82, 2.24) is 10.2 Å². The Kier molecular flexibility index (Phi) is 3.92. The van der Waals surface area contributed by atoms with Crippen LogP contribution in [0, 0.1) is 0 Å². The molecule has 0 amide bonds. The molecule has 0 aliphatic heterocycles. The van der Waals surface area contributed by atoms with Crippen LogP contribution in [-0.4, -0.2) is 10.2 Å². The number of thioether (sulfide) groups is 1. The Morgan fingerprint density at radius 1 is 1.15 bits per heavy atom. The number of benzene rings is 1. The van der Waals surface area contributed by atoms with Crippen molar-refractivity contribution in [3.63, 3.8) is 0 Å². The van der Waals surface area contributed by atoms with Crippen LogP contribution >= 0.6 is 11.8 Å². The maximum atomic E-state index is 11.0. The van der Waals surface area contributed by atoms with Crippen molar-refractivity contribution < 1.29 is 0 Å². The van der Waals surface area contributed by atoms with Gasteiger partial charge in [0.15, 0.2) is 0 Å². The summed E-state index contributed by atoms with van der Waals surface area (Å²) < 4.78 is 0. The molecular weight excluding hydrogens is 268 g/mol. The van der Waals surface area contributed by atoms with Gasteiger partial charge in [0.05, 0.1) is 0 Å². The Labute approximate surface area is 121 Å². The minimum atomic E-state index is -0.0758. The molecule has 0 saturated carbocycles. The molecule has 3 rings (SSSR count). The quantitative estimate of drug-likeness (QED) is 0.843. The van der Waals surface area contributed by atoms with Gasteiger partial charge in [-0.15, -0.1) is 11.8 Å². The monoisotopic (exact) mass is 284 g/mol. The highest BCUT2D eigenvalue weighted by molar-refractivity contribution is 7.98. The molecule has 0 saturated heterocycles. The van der Waals surface area contributed by atoms with Crippen LogP contribution in [0.5, 0.6) is 0 Å². The van der Waals surface area contributed by atoms with Gasteiger partial charge in [-0.3, -0.25) is 9.89 Å². The summed E-state index contributed by atoms with van der Waals surface area (Å²) in [5, 5.41) is 5.41. The summed E-state index contributed by atoms with van der Waals surface area (Å²) in [5.41, 5.74) is 2.20. The minimum absolute atomic E-state index is 0.0758. The highest BCUT2D eigenvalue weighted by atomic mass is 32.2. The first-order valence-electron chi connectivity index (χ1n) is 6.64. The number of hydrogen-bond acceptors (Lipinski definition) is 2. The van der Waals surface area contributed by atoms with Gasteiger partial charge in [-0.25, -0.2) is 0 Å². The zero-order chi connectivity index (χ0) is 13.8. The molecule has 1 aliphatic rings. The first-order chi connectivity index (χ1) is 9.81. The molecule has 2 N–H and O–H groups in total. The van der Waals surface area contributed by atoms with Gasteiger partial charge in [-0.05, 0) is 24.1 Å². The topological polar surface area (TPSA) is 48.6 Å². The van der Waals surface area contributed by atoms with E-state index in [1.165, 1.54) is 10.5 Å². The van der Waals surface area contributed by atoms with Gasteiger partial charge in [0.1, 0.15) is 0 Å². The number of allylic oxidation sites excluding steroid dienone is 4. The summed E-state index contributed by atoms with van der Waals surface area (Å²) in [5.74, 6) is 1.27. The van der Waals surface area contributed by atoms with Gasteiger partial charge in [0.25, 0.3) is 5.56 Å². The first kappa shape index (κ1) is 13.1. The Morgan fingerprint density at radius 2 is 2.00 bits per heavy atom. The molecule has 1 atom stereocenters. The number of rotatable bonds is 4. The van der Waals surface area contributed by atoms with Gasteiger partial charge in [0.2, 0.25) is 0 Å². The standard InChI is InChI=1S/C16H16N2OS/c19-16-10-14(17-18-16)11-20-15-8-6-13(7-9-15)12-4-2-1-3-5-12/h1-4,6-10,12H,5,11H2,(H2,17,18,19). The Morgan fingerprint density at radius 3 is 2.65 bits per heavy atom. The van der Waals surface area contributed by atoms with E-state index in [1.807, 2.05) is 0 Å². The Bertz CT molecular complexity index is 679. The minimum Gasteiger partial charge on any atom is -0.301 e. The van der Waals surface area contributed by atoms with Crippen molar-refractivity contribution in [2.24, 2.45) is 0 Å². The summed E-state index contributed by atoms with van der Waals surface area (Å²) >= 11 is 1.72. The molecule has 0 fully saturated rings. The van der Waals surface area contributed by atoms with Crippen molar-refractivity contribution in [1.29, 1.82) is 0 Å². The highest BCUT2D eigenvalue weighted by Gasteiger charge is 2.08. The van der Waals surface area contributed by atoms with Crippen molar-refractivity contribution in [2.45, 2.75) is 23.0 Å². The fourth-order valence-electron chi connectivity index (χ4n) is 2.25. The molecule has 4 heteroatoms. The lowest BCUT2D eigenvalue weighted by Gasteiger charge is -2.13. The second-order valence-electron chi connectivity index (χ2n) is 4.80. The van der Waals surface area contributed by atoms with Crippen LogP contribution in [-0.2, 0) is 5.75 Å². The van der Waals surface area contributed by atoms with Crippen molar-refractivity contribution in [2.75, 3.05) is 0 Å². The third-order valence-electron chi connectivity index (χ3n) is 3.33. The molecule has 102 valence electrons. The molecule has 0 spiro atoms. The predicted octanol–water partition coefficient (Wildman–Crippen LogP) is 3.60. The predicted molar refractivity (Wildman–Crippen MR) is 83.1 cm³/mol. The average Bonchev–Trinajstić information content (AvgIpc) is 2.92. The molecule has 1 heterocycles. The zero-order valence-corrected chi connectivity index (χ0v) is 11.8. The smallest absolute Gasteiger partial charge is 0.264 e. The van der Waals surface area contributed by atoms with E-state index >= 15 is 0 Å². The lowest BCUT2D eigenvalue weighted by atomic mass is 9.93. The molecule has 2 aromatic rings. The van der Waals surface area contributed by atoms with Crippen molar-refractivity contribution in [3.05, 3.63) is 76.2 Å². The molecule has 0 radical (unpaired) electrons. The maximum absolute atomic E-state index is 11.0. The first-order valence-corrected chi connectivity index (χ1v) is 7.62. The van der Waals surface area contributed by atoms with Gasteiger partial charge in [-0.1, -0.05) is 36.4 Å². The second-order valence-corrected chi connectivity index (χ2v) is 5.85. The Balaban J connectivity index is 1.62. The van der Waals surface area contributed by atoms with Crippen LogP contribution in [0.15, 0.2) is 64.3 Å². The van der Waals surface area contributed by atoms with E-state index < -0.39 is 0 Å². The van der Waals surface area contributed by atoms with Crippen LogP contribution in [0.1, 0.15) is 23.6 Å². The molecule has 1 unspecified atom stereocenters. The average molecular weight is 284 g/mol. The largest absolute Gasteiger partial charge is 0.301 e. The molecule has 3 nitrogen and oxygen atoms in total. The van der Waals surface area contributed by atoms with Gasteiger partial charge in [0, 0.05) is 28.3 Å². The van der Waals surface area contributed by atoms with Gasteiger partial charge < -0.3 is 5.10 Å². The molecule has 1 aliphatic carbocycles. The van der Waals surface area contributed by atoms with Crippen molar-refractivity contribution in [3.8, 4) is 0 Å². The fourth-order valence-corrected chi connectivity index (χ4v) is 3.06. The van der Waals surface area contributed by atoms with Crippen LogP contribution < -0.4 is 5.56 Å². The SMILES string of the molecule is O=c1cc(CSc2ccc(C3C=CC=CC3)cc2)[nH][nH]1. The van der Waals surface area contributed by atoms with E-state index in [4.69, 9.17) is 0 Å². The van der Waals surface area contributed by atoms with E-state index in [1.54, 1.807) is 17.8 Å². The molecule has 1 aromatic heterocycles.